The summed E-state index contributed by atoms with van der Waals surface area (Å²) in [5, 5.41) is 9.39. The number of rotatable bonds is 1. The van der Waals surface area contributed by atoms with E-state index in [-0.39, 0.29) is 23.5 Å². The van der Waals surface area contributed by atoms with Gasteiger partial charge in [-0.1, -0.05) is 20.8 Å². The maximum atomic E-state index is 11.9. The van der Waals surface area contributed by atoms with Crippen molar-refractivity contribution in [3.8, 4) is 0 Å². The molecule has 2 unspecified atom stereocenters. The molecule has 2 atom stereocenters. The topological polar surface area (TPSA) is 70.1 Å². The van der Waals surface area contributed by atoms with Gasteiger partial charge in [-0.3, -0.25) is 4.79 Å². The minimum Gasteiger partial charge on any atom is -0.384 e. The maximum absolute atomic E-state index is 11.9. The molecule has 1 fully saturated rings. The second-order valence-electron chi connectivity index (χ2n) is 5.88. The van der Waals surface area contributed by atoms with Gasteiger partial charge in [-0.15, -0.1) is 0 Å². The number of piperazine rings is 1. The Morgan fingerprint density at radius 3 is 2.37 bits per heavy atom. The van der Waals surface area contributed by atoms with Crippen molar-refractivity contribution in [3.63, 3.8) is 0 Å². The van der Waals surface area contributed by atoms with Crippen molar-refractivity contribution >= 4 is 35.0 Å². The summed E-state index contributed by atoms with van der Waals surface area (Å²) in [5.41, 5.74) is -0.178. The quantitative estimate of drug-likeness (QED) is 0.695. The largest absolute Gasteiger partial charge is 0.419 e. The SMILES string of the molecule is CC(O)C(=O)N1CCN(C(=O)OI)C(C(C)(C)C)C1. The standard InChI is InChI=1S/C12H21IN2O4/c1-8(16)10(17)14-5-6-15(11(18)19-13)9(7-14)12(2,3)4/h8-9,16H,5-7H2,1-4H3. The highest BCUT2D eigenvalue weighted by Gasteiger charge is 2.40. The lowest BCUT2D eigenvalue weighted by Crippen LogP contribution is -2.61. The molecular formula is C12H21IN2O4. The van der Waals surface area contributed by atoms with Gasteiger partial charge in [-0.25, -0.2) is 4.79 Å². The molecule has 1 saturated heterocycles. The average Bonchev–Trinajstić information content (AvgIpc) is 2.35. The molecule has 0 saturated carbocycles. The molecule has 0 radical (unpaired) electrons. The molecular weight excluding hydrogens is 363 g/mol. The molecule has 110 valence electrons. The lowest BCUT2D eigenvalue weighted by molar-refractivity contribution is -0.143. The van der Waals surface area contributed by atoms with Gasteiger partial charge in [0.25, 0.3) is 5.91 Å². The van der Waals surface area contributed by atoms with Crippen LogP contribution in [0.4, 0.5) is 4.79 Å². The van der Waals surface area contributed by atoms with Gasteiger partial charge in [0.2, 0.25) is 0 Å². The lowest BCUT2D eigenvalue weighted by Gasteiger charge is -2.46. The number of amides is 2. The predicted molar refractivity (Wildman–Crippen MR) is 78.7 cm³/mol. The third-order valence-corrected chi connectivity index (χ3v) is 3.73. The third-order valence-electron chi connectivity index (χ3n) is 3.35. The maximum Gasteiger partial charge on any atom is 0.419 e. The van der Waals surface area contributed by atoms with Crippen LogP contribution in [-0.4, -0.2) is 58.7 Å². The number of aliphatic hydroxyl groups excluding tert-OH is 1. The zero-order valence-corrected chi connectivity index (χ0v) is 13.9. The molecule has 1 heterocycles. The molecule has 0 bridgehead atoms. The van der Waals surface area contributed by atoms with Crippen molar-refractivity contribution in [2.45, 2.75) is 39.8 Å². The van der Waals surface area contributed by atoms with E-state index >= 15 is 0 Å². The van der Waals surface area contributed by atoms with Gasteiger partial charge >= 0.3 is 6.09 Å². The second kappa shape index (κ2) is 6.25. The van der Waals surface area contributed by atoms with Crippen LogP contribution in [0.1, 0.15) is 27.7 Å². The second-order valence-corrected chi connectivity index (χ2v) is 6.32. The molecule has 6 nitrogen and oxygen atoms in total. The van der Waals surface area contributed by atoms with Gasteiger partial charge in [0.15, 0.2) is 23.0 Å². The highest BCUT2D eigenvalue weighted by atomic mass is 127. The number of aliphatic hydroxyl groups is 1. The van der Waals surface area contributed by atoms with Gasteiger partial charge < -0.3 is 18.0 Å². The van der Waals surface area contributed by atoms with E-state index in [1.54, 1.807) is 32.8 Å². The van der Waals surface area contributed by atoms with Gasteiger partial charge in [0.05, 0.1) is 6.04 Å². The number of nitrogens with zero attached hydrogens (tertiary/aromatic N) is 2. The first-order chi connectivity index (χ1) is 8.68. The zero-order chi connectivity index (χ0) is 14.8. The number of hydrogen-bond donors (Lipinski definition) is 1. The summed E-state index contributed by atoms with van der Waals surface area (Å²) in [7, 11) is 0. The van der Waals surface area contributed by atoms with Gasteiger partial charge in [-0.2, -0.15) is 0 Å². The number of halogens is 1. The van der Waals surface area contributed by atoms with Gasteiger partial charge in [0.1, 0.15) is 6.10 Å². The first-order valence-corrected chi connectivity index (χ1v) is 7.12. The van der Waals surface area contributed by atoms with Crippen molar-refractivity contribution in [3.05, 3.63) is 0 Å². The van der Waals surface area contributed by atoms with E-state index < -0.39 is 6.10 Å². The van der Waals surface area contributed by atoms with Crippen LogP contribution < -0.4 is 0 Å². The zero-order valence-electron chi connectivity index (χ0n) is 11.7. The van der Waals surface area contributed by atoms with Crippen LogP contribution in [0.3, 0.4) is 0 Å². The Hall–Kier alpha value is -0.570. The van der Waals surface area contributed by atoms with Crippen LogP contribution in [0.5, 0.6) is 0 Å². The van der Waals surface area contributed by atoms with Crippen LogP contribution in [0.15, 0.2) is 0 Å². The number of carbonyl (C=O) groups excluding carboxylic acids is 2. The molecule has 7 heteroatoms. The van der Waals surface area contributed by atoms with Crippen LogP contribution in [0.25, 0.3) is 0 Å². The summed E-state index contributed by atoms with van der Waals surface area (Å²) < 4.78 is 4.76. The third kappa shape index (κ3) is 3.95. The van der Waals surface area contributed by atoms with Crippen molar-refractivity contribution < 1.29 is 17.8 Å². The van der Waals surface area contributed by atoms with Crippen LogP contribution >= 0.6 is 23.0 Å². The summed E-state index contributed by atoms with van der Waals surface area (Å²) in [6.45, 7) is 8.76. The highest BCUT2D eigenvalue weighted by Crippen LogP contribution is 2.28. The molecule has 2 amide bonds. The summed E-state index contributed by atoms with van der Waals surface area (Å²) in [4.78, 5) is 26.9. The van der Waals surface area contributed by atoms with Crippen LogP contribution in [0, 0.1) is 5.41 Å². The first-order valence-electron chi connectivity index (χ1n) is 6.24. The van der Waals surface area contributed by atoms with Crippen molar-refractivity contribution in [1.29, 1.82) is 0 Å². The van der Waals surface area contributed by atoms with Crippen molar-refractivity contribution in [2.75, 3.05) is 19.6 Å². The summed E-state index contributed by atoms with van der Waals surface area (Å²) >= 11 is 1.57. The van der Waals surface area contributed by atoms with E-state index in [2.05, 4.69) is 0 Å². The van der Waals surface area contributed by atoms with Crippen molar-refractivity contribution in [1.82, 2.24) is 9.80 Å². The Morgan fingerprint density at radius 1 is 1.37 bits per heavy atom. The molecule has 0 aliphatic carbocycles. The normalized spacial score (nSPS) is 22.1. The minimum absolute atomic E-state index is 0.133. The molecule has 1 aliphatic rings. The fourth-order valence-corrected chi connectivity index (χ4v) is 2.50. The Balaban J connectivity index is 2.89. The number of hydrogen-bond acceptors (Lipinski definition) is 4. The highest BCUT2D eigenvalue weighted by molar-refractivity contribution is 14.1. The summed E-state index contributed by atoms with van der Waals surface area (Å²) in [5.74, 6) is -0.295. The first kappa shape index (κ1) is 16.5. The summed E-state index contributed by atoms with van der Waals surface area (Å²) in [6, 6.07) is -0.133. The fourth-order valence-electron chi connectivity index (χ4n) is 2.25. The van der Waals surface area contributed by atoms with Crippen LogP contribution in [0.2, 0.25) is 0 Å². The molecule has 1 rings (SSSR count). The Morgan fingerprint density at radius 2 is 1.95 bits per heavy atom. The fraction of sp³-hybridized carbons (Fsp3) is 0.833. The van der Waals surface area contributed by atoms with Crippen LogP contribution in [-0.2, 0) is 7.86 Å². The van der Waals surface area contributed by atoms with E-state index in [0.29, 0.717) is 19.6 Å². The molecule has 0 aromatic rings. The van der Waals surface area contributed by atoms with E-state index in [1.165, 1.54) is 6.92 Å². The molecule has 0 aromatic heterocycles. The molecule has 0 spiro atoms. The van der Waals surface area contributed by atoms with Gasteiger partial charge in [0, 0.05) is 19.6 Å². The minimum atomic E-state index is -1.01. The Bertz CT molecular complexity index is 354. The monoisotopic (exact) mass is 384 g/mol. The van der Waals surface area contributed by atoms with E-state index in [9.17, 15) is 14.7 Å². The number of carbonyl (C=O) groups is 2. The van der Waals surface area contributed by atoms with E-state index in [1.807, 2.05) is 20.8 Å². The van der Waals surface area contributed by atoms with E-state index in [0.717, 1.165) is 0 Å². The molecule has 1 aliphatic heterocycles. The predicted octanol–water partition coefficient (Wildman–Crippen LogP) is 1.41. The smallest absolute Gasteiger partial charge is 0.384 e. The van der Waals surface area contributed by atoms with E-state index in [4.69, 9.17) is 3.07 Å². The Labute approximate surface area is 127 Å². The van der Waals surface area contributed by atoms with Gasteiger partial charge in [-0.05, 0) is 12.3 Å². The van der Waals surface area contributed by atoms with Crippen molar-refractivity contribution in [2.24, 2.45) is 5.41 Å². The molecule has 1 N–H and O–H groups in total. The lowest BCUT2D eigenvalue weighted by atomic mass is 9.84. The Kier molecular flexibility index (Phi) is 5.43. The molecule has 19 heavy (non-hydrogen) atoms. The average molecular weight is 384 g/mol. The summed E-state index contributed by atoms with van der Waals surface area (Å²) in [6.07, 6.45) is -1.40. The molecule has 0 aromatic carbocycles.